The molecule has 0 aromatic heterocycles. The number of hydrogen-bond donors (Lipinski definition) is 2. The quantitative estimate of drug-likeness (QED) is 0.492. The molecule has 1 unspecified atom stereocenters. The Morgan fingerprint density at radius 2 is 2.36 bits per heavy atom. The van der Waals surface area contributed by atoms with E-state index in [1.807, 2.05) is 19.1 Å². The van der Waals surface area contributed by atoms with Gasteiger partial charge in [-0.05, 0) is 24.1 Å². The molecule has 2 nitrogen and oxygen atoms in total. The molecule has 14 heavy (non-hydrogen) atoms. The summed E-state index contributed by atoms with van der Waals surface area (Å²) in [6.45, 7) is 2.04. The molecule has 0 saturated carbocycles. The highest BCUT2D eigenvalue weighted by molar-refractivity contribution is 9.10. The van der Waals surface area contributed by atoms with E-state index in [9.17, 15) is 0 Å². The van der Waals surface area contributed by atoms with Gasteiger partial charge in [-0.25, -0.2) is 0 Å². The first-order valence-corrected chi connectivity index (χ1v) is 5.14. The average Bonchev–Trinajstić information content (AvgIpc) is 2.15. The van der Waals surface area contributed by atoms with E-state index < -0.39 is 0 Å². The fourth-order valence-electron chi connectivity index (χ4n) is 1.29. The molecule has 0 radical (unpaired) electrons. The van der Waals surface area contributed by atoms with Gasteiger partial charge in [-0.3, -0.25) is 11.3 Å². The van der Waals surface area contributed by atoms with Gasteiger partial charge in [0.15, 0.2) is 0 Å². The maximum atomic E-state index is 5.43. The summed E-state index contributed by atoms with van der Waals surface area (Å²) in [6, 6.07) is 6.13. The fourth-order valence-corrected chi connectivity index (χ4v) is 2.06. The number of hydrazine groups is 1. The zero-order valence-electron chi connectivity index (χ0n) is 8.05. The van der Waals surface area contributed by atoms with E-state index in [-0.39, 0.29) is 6.04 Å². The number of benzene rings is 1. The number of aryl methyl sites for hydroxylation is 1. The van der Waals surface area contributed by atoms with Crippen LogP contribution in [0.3, 0.4) is 0 Å². The number of rotatable bonds is 3. The van der Waals surface area contributed by atoms with Gasteiger partial charge in [0.1, 0.15) is 0 Å². The molecule has 1 atom stereocenters. The number of halogens is 1. The molecule has 0 aliphatic rings. The zero-order chi connectivity index (χ0) is 10.6. The molecule has 74 valence electrons. The highest BCUT2D eigenvalue weighted by atomic mass is 79.9. The second-order valence-corrected chi connectivity index (χ2v) is 4.01. The topological polar surface area (TPSA) is 38.0 Å². The lowest BCUT2D eigenvalue weighted by Crippen LogP contribution is -2.27. The van der Waals surface area contributed by atoms with Gasteiger partial charge in [0, 0.05) is 10.9 Å². The van der Waals surface area contributed by atoms with E-state index in [1.165, 1.54) is 5.56 Å². The Bertz CT molecular complexity index is 355. The molecule has 0 heterocycles. The van der Waals surface area contributed by atoms with Crippen LogP contribution < -0.4 is 11.3 Å². The zero-order valence-corrected chi connectivity index (χ0v) is 9.64. The number of terminal acetylenes is 1. The summed E-state index contributed by atoms with van der Waals surface area (Å²) in [5.41, 5.74) is 5.01. The van der Waals surface area contributed by atoms with Crippen LogP contribution in [0.25, 0.3) is 0 Å². The minimum atomic E-state index is 0.00924. The van der Waals surface area contributed by atoms with Crippen molar-refractivity contribution in [3.63, 3.8) is 0 Å². The largest absolute Gasteiger partial charge is 0.271 e. The minimum absolute atomic E-state index is 0.00924. The SMILES string of the molecule is C#CCC(NN)c1ccc(C)cc1Br. The Hall–Kier alpha value is -0.820. The first kappa shape index (κ1) is 11.3. The van der Waals surface area contributed by atoms with Crippen molar-refractivity contribution in [2.75, 3.05) is 0 Å². The molecule has 0 spiro atoms. The van der Waals surface area contributed by atoms with Gasteiger partial charge >= 0.3 is 0 Å². The van der Waals surface area contributed by atoms with E-state index in [4.69, 9.17) is 12.3 Å². The normalized spacial score (nSPS) is 12.1. The van der Waals surface area contributed by atoms with Crippen LogP contribution in [0.4, 0.5) is 0 Å². The third-order valence-electron chi connectivity index (χ3n) is 2.05. The third kappa shape index (κ3) is 2.58. The minimum Gasteiger partial charge on any atom is -0.271 e. The lowest BCUT2D eigenvalue weighted by molar-refractivity contribution is 0.566. The summed E-state index contributed by atoms with van der Waals surface area (Å²) in [5.74, 6) is 8.03. The Balaban J connectivity index is 2.99. The van der Waals surface area contributed by atoms with Crippen molar-refractivity contribution in [2.45, 2.75) is 19.4 Å². The number of hydrogen-bond acceptors (Lipinski definition) is 2. The van der Waals surface area contributed by atoms with Gasteiger partial charge in [0.05, 0.1) is 6.04 Å². The summed E-state index contributed by atoms with van der Waals surface area (Å²) >= 11 is 3.49. The van der Waals surface area contributed by atoms with Crippen LogP contribution in [0.5, 0.6) is 0 Å². The molecule has 0 aliphatic heterocycles. The van der Waals surface area contributed by atoms with Gasteiger partial charge in [0.2, 0.25) is 0 Å². The van der Waals surface area contributed by atoms with E-state index in [0.717, 1.165) is 10.0 Å². The van der Waals surface area contributed by atoms with Crippen molar-refractivity contribution < 1.29 is 0 Å². The van der Waals surface area contributed by atoms with Crippen molar-refractivity contribution in [1.82, 2.24) is 5.43 Å². The smallest absolute Gasteiger partial charge is 0.0580 e. The molecule has 0 aliphatic carbocycles. The molecule has 3 N–H and O–H groups in total. The predicted octanol–water partition coefficient (Wildman–Crippen LogP) is 2.29. The van der Waals surface area contributed by atoms with Crippen molar-refractivity contribution in [3.8, 4) is 12.3 Å². The Labute approximate surface area is 93.0 Å². The highest BCUT2D eigenvalue weighted by Gasteiger charge is 2.11. The van der Waals surface area contributed by atoms with Crippen LogP contribution in [0.15, 0.2) is 22.7 Å². The predicted molar refractivity (Wildman–Crippen MR) is 62.4 cm³/mol. The molecule has 0 bridgehead atoms. The van der Waals surface area contributed by atoms with Crippen molar-refractivity contribution in [2.24, 2.45) is 5.84 Å². The molecular weight excluding hydrogens is 240 g/mol. The molecule has 0 amide bonds. The number of nitrogens with one attached hydrogen (secondary N) is 1. The Kier molecular flexibility index (Phi) is 4.15. The molecule has 1 aromatic carbocycles. The summed E-state index contributed by atoms with van der Waals surface area (Å²) in [4.78, 5) is 0. The van der Waals surface area contributed by atoms with Crippen molar-refractivity contribution in [3.05, 3.63) is 33.8 Å². The summed E-state index contributed by atoms with van der Waals surface area (Å²) in [7, 11) is 0. The monoisotopic (exact) mass is 252 g/mol. The second-order valence-electron chi connectivity index (χ2n) is 3.15. The van der Waals surface area contributed by atoms with Crippen LogP contribution in [-0.2, 0) is 0 Å². The van der Waals surface area contributed by atoms with Crippen molar-refractivity contribution >= 4 is 15.9 Å². The van der Waals surface area contributed by atoms with Crippen LogP contribution in [0.1, 0.15) is 23.6 Å². The summed E-state index contributed by atoms with van der Waals surface area (Å²) < 4.78 is 1.04. The Morgan fingerprint density at radius 1 is 1.64 bits per heavy atom. The number of nitrogens with two attached hydrogens (primary N) is 1. The van der Waals surface area contributed by atoms with Crippen molar-refractivity contribution in [1.29, 1.82) is 0 Å². The van der Waals surface area contributed by atoms with Gasteiger partial charge < -0.3 is 0 Å². The van der Waals surface area contributed by atoms with Crippen LogP contribution >= 0.6 is 15.9 Å². The van der Waals surface area contributed by atoms with E-state index in [0.29, 0.717) is 6.42 Å². The molecule has 0 saturated heterocycles. The maximum Gasteiger partial charge on any atom is 0.0580 e. The second kappa shape index (κ2) is 5.16. The molecule has 3 heteroatoms. The van der Waals surface area contributed by atoms with Gasteiger partial charge in [-0.2, -0.15) is 0 Å². The maximum absolute atomic E-state index is 5.43. The van der Waals surface area contributed by atoms with E-state index in [2.05, 4.69) is 33.3 Å². The lowest BCUT2D eigenvalue weighted by atomic mass is 10.0. The van der Waals surface area contributed by atoms with E-state index >= 15 is 0 Å². The molecule has 1 rings (SSSR count). The third-order valence-corrected chi connectivity index (χ3v) is 2.74. The average molecular weight is 253 g/mol. The first-order chi connectivity index (χ1) is 6.69. The van der Waals surface area contributed by atoms with Gasteiger partial charge in [-0.1, -0.05) is 28.1 Å². The first-order valence-electron chi connectivity index (χ1n) is 4.34. The van der Waals surface area contributed by atoms with Crippen LogP contribution in [0.2, 0.25) is 0 Å². The van der Waals surface area contributed by atoms with Crippen LogP contribution in [-0.4, -0.2) is 0 Å². The van der Waals surface area contributed by atoms with Crippen LogP contribution in [0, 0.1) is 19.3 Å². The van der Waals surface area contributed by atoms with Gasteiger partial charge in [-0.15, -0.1) is 12.3 Å². The standard InChI is InChI=1S/C11H13BrN2/c1-3-4-11(14-13)9-6-5-8(2)7-10(9)12/h1,5-7,11,14H,4,13H2,2H3. The van der Waals surface area contributed by atoms with E-state index in [1.54, 1.807) is 0 Å². The molecule has 1 aromatic rings. The summed E-state index contributed by atoms with van der Waals surface area (Å²) in [5, 5.41) is 0. The molecule has 0 fully saturated rings. The Morgan fingerprint density at radius 3 is 2.86 bits per heavy atom. The fraction of sp³-hybridized carbons (Fsp3) is 0.273. The highest BCUT2D eigenvalue weighted by Crippen LogP contribution is 2.25. The lowest BCUT2D eigenvalue weighted by Gasteiger charge is -2.15. The molecular formula is C11H13BrN2. The van der Waals surface area contributed by atoms with Gasteiger partial charge in [0.25, 0.3) is 0 Å². The summed E-state index contributed by atoms with van der Waals surface area (Å²) in [6.07, 6.45) is 5.84.